The zero-order valence-electron chi connectivity index (χ0n) is 19.0. The molecule has 0 aromatic heterocycles. The van der Waals surface area contributed by atoms with Crippen LogP contribution in [-0.2, 0) is 20.2 Å². The van der Waals surface area contributed by atoms with Crippen molar-refractivity contribution in [3.63, 3.8) is 0 Å². The molecule has 0 saturated heterocycles. The van der Waals surface area contributed by atoms with Crippen molar-refractivity contribution in [1.29, 1.82) is 0 Å². The molecule has 8 heteroatoms. The van der Waals surface area contributed by atoms with Crippen molar-refractivity contribution in [3.8, 4) is 5.75 Å². The van der Waals surface area contributed by atoms with Gasteiger partial charge >= 0.3 is 0 Å². The lowest BCUT2D eigenvalue weighted by atomic mass is 9.86. The number of ether oxygens (including phenoxy) is 1. The molecular weight excluding hydrogens is 414 g/mol. The summed E-state index contributed by atoms with van der Waals surface area (Å²) in [6.45, 7) is 10.2. The number of carbonyl (C=O) groups is 1. The third-order valence-corrected chi connectivity index (χ3v) is 5.78. The molecule has 0 spiro atoms. The molecule has 0 aliphatic carbocycles. The van der Waals surface area contributed by atoms with Gasteiger partial charge in [-0.05, 0) is 54.7 Å². The first kappa shape index (κ1) is 24.4. The molecule has 0 fully saturated rings. The first-order chi connectivity index (χ1) is 14.4. The molecule has 2 rings (SSSR count). The predicted molar refractivity (Wildman–Crippen MR) is 125 cm³/mol. The van der Waals surface area contributed by atoms with E-state index in [4.69, 9.17) is 4.74 Å². The lowest BCUT2D eigenvalue weighted by Crippen LogP contribution is -2.39. The Balaban J connectivity index is 2.10. The summed E-state index contributed by atoms with van der Waals surface area (Å²) in [5.41, 5.74) is 5.57. The van der Waals surface area contributed by atoms with E-state index in [0.717, 1.165) is 16.1 Å². The van der Waals surface area contributed by atoms with Crippen LogP contribution in [0.5, 0.6) is 5.75 Å². The Hall–Kier alpha value is -2.87. The van der Waals surface area contributed by atoms with Gasteiger partial charge in [-0.2, -0.15) is 5.10 Å². The van der Waals surface area contributed by atoms with Gasteiger partial charge in [0.1, 0.15) is 12.3 Å². The number of hydrazone groups is 1. The van der Waals surface area contributed by atoms with Crippen molar-refractivity contribution in [2.24, 2.45) is 5.10 Å². The summed E-state index contributed by atoms with van der Waals surface area (Å²) in [6.07, 6.45) is 1.06. The normalized spacial score (nSPS) is 12.4. The van der Waals surface area contributed by atoms with Crippen LogP contribution >= 0.6 is 0 Å². The van der Waals surface area contributed by atoms with Crippen molar-refractivity contribution < 1.29 is 17.9 Å². The van der Waals surface area contributed by atoms with E-state index >= 15 is 0 Å². The Labute approximate surface area is 185 Å². The Morgan fingerprint density at radius 3 is 2.13 bits per heavy atom. The molecule has 2 aromatic carbocycles. The van der Waals surface area contributed by atoms with Crippen LogP contribution < -0.4 is 14.5 Å². The van der Waals surface area contributed by atoms with Gasteiger partial charge in [0.05, 0.1) is 24.3 Å². The fraction of sp³-hybridized carbons (Fsp3) is 0.391. The first-order valence-electron chi connectivity index (χ1n) is 10.1. The molecule has 0 atom stereocenters. The minimum absolute atomic E-state index is 0.0494. The molecular formula is C23H31N3O4S. The second-order valence-electron chi connectivity index (χ2n) is 8.26. The highest BCUT2D eigenvalue weighted by Gasteiger charge is 2.21. The molecule has 0 radical (unpaired) electrons. The number of hydrogen-bond donors (Lipinski definition) is 1. The summed E-state index contributed by atoms with van der Waals surface area (Å²) in [5, 5.41) is 4.13. The molecule has 0 unspecified atom stereocenters. The second-order valence-corrected chi connectivity index (χ2v) is 10.2. The number of benzene rings is 2. The van der Waals surface area contributed by atoms with Crippen LogP contribution in [0.25, 0.3) is 0 Å². The molecule has 0 heterocycles. The Morgan fingerprint density at radius 2 is 1.65 bits per heavy atom. The molecule has 0 aliphatic rings. The SMILES string of the molecule is CCOc1ccc(N(CC(=O)N/N=C(/C)c2ccc(C(C)(C)C)cc2)S(C)(=O)=O)cc1. The van der Waals surface area contributed by atoms with Crippen LogP contribution in [-0.4, -0.2) is 39.4 Å². The predicted octanol–water partition coefficient (Wildman–Crippen LogP) is 3.69. The van der Waals surface area contributed by atoms with Crippen molar-refractivity contribution in [2.45, 2.75) is 40.0 Å². The number of rotatable bonds is 8. The van der Waals surface area contributed by atoms with E-state index in [2.05, 4.69) is 31.3 Å². The lowest BCUT2D eigenvalue weighted by molar-refractivity contribution is -0.119. The van der Waals surface area contributed by atoms with E-state index in [1.165, 1.54) is 5.56 Å². The summed E-state index contributed by atoms with van der Waals surface area (Å²) in [6, 6.07) is 14.5. The number of amides is 1. The summed E-state index contributed by atoms with van der Waals surface area (Å²) < 4.78 is 30.9. The monoisotopic (exact) mass is 445 g/mol. The van der Waals surface area contributed by atoms with Gasteiger partial charge in [-0.1, -0.05) is 45.0 Å². The standard InChI is InChI=1S/C23H31N3O4S/c1-7-30-21-14-12-20(13-15-21)26(31(6,28)29)16-22(27)25-24-17(2)18-8-10-19(11-9-18)23(3,4)5/h8-15H,7,16H2,1-6H3,(H,25,27)/b24-17-. The van der Waals surface area contributed by atoms with Gasteiger partial charge in [0.15, 0.2) is 0 Å². The van der Waals surface area contributed by atoms with Gasteiger partial charge in [0.2, 0.25) is 10.0 Å². The van der Waals surface area contributed by atoms with Gasteiger partial charge in [0.25, 0.3) is 5.91 Å². The molecule has 7 nitrogen and oxygen atoms in total. The fourth-order valence-electron chi connectivity index (χ4n) is 2.86. The molecule has 0 saturated carbocycles. The second kappa shape index (κ2) is 9.96. The van der Waals surface area contributed by atoms with Crippen molar-refractivity contribution >= 4 is 27.3 Å². The summed E-state index contributed by atoms with van der Waals surface area (Å²) >= 11 is 0. The van der Waals surface area contributed by atoms with Crippen LogP contribution in [0, 0.1) is 0 Å². The van der Waals surface area contributed by atoms with E-state index in [-0.39, 0.29) is 12.0 Å². The van der Waals surface area contributed by atoms with Crippen molar-refractivity contribution in [3.05, 3.63) is 59.7 Å². The number of hydrogen-bond acceptors (Lipinski definition) is 5. The van der Waals surface area contributed by atoms with E-state index in [0.29, 0.717) is 23.8 Å². The summed E-state index contributed by atoms with van der Waals surface area (Å²) in [7, 11) is -3.66. The van der Waals surface area contributed by atoms with Crippen LogP contribution in [0.2, 0.25) is 0 Å². The number of anilines is 1. The third-order valence-electron chi connectivity index (χ3n) is 4.64. The third kappa shape index (κ3) is 7.10. The van der Waals surface area contributed by atoms with Gasteiger partial charge in [-0.15, -0.1) is 0 Å². The van der Waals surface area contributed by atoms with E-state index in [1.807, 2.05) is 31.2 Å². The first-order valence-corrected chi connectivity index (χ1v) is 11.9. The highest BCUT2D eigenvalue weighted by Crippen LogP contribution is 2.23. The smallest absolute Gasteiger partial charge is 0.260 e. The molecule has 31 heavy (non-hydrogen) atoms. The minimum Gasteiger partial charge on any atom is -0.494 e. The summed E-state index contributed by atoms with van der Waals surface area (Å²) in [4.78, 5) is 12.4. The average molecular weight is 446 g/mol. The Bertz CT molecular complexity index is 1020. The van der Waals surface area contributed by atoms with Crippen LogP contribution in [0.4, 0.5) is 5.69 Å². The van der Waals surface area contributed by atoms with E-state index in [1.54, 1.807) is 31.2 Å². The number of nitrogens with one attached hydrogen (secondary N) is 1. The maximum absolute atomic E-state index is 12.4. The van der Waals surface area contributed by atoms with Gasteiger partial charge in [-0.3, -0.25) is 9.10 Å². The van der Waals surface area contributed by atoms with Gasteiger partial charge in [-0.25, -0.2) is 13.8 Å². The molecule has 0 bridgehead atoms. The van der Waals surface area contributed by atoms with Crippen LogP contribution in [0.3, 0.4) is 0 Å². The zero-order valence-corrected chi connectivity index (χ0v) is 19.8. The molecule has 2 aromatic rings. The molecule has 168 valence electrons. The van der Waals surface area contributed by atoms with E-state index in [9.17, 15) is 13.2 Å². The highest BCUT2D eigenvalue weighted by atomic mass is 32.2. The van der Waals surface area contributed by atoms with Crippen LogP contribution in [0.15, 0.2) is 53.6 Å². The van der Waals surface area contributed by atoms with Crippen LogP contribution in [0.1, 0.15) is 45.7 Å². The lowest BCUT2D eigenvalue weighted by Gasteiger charge is -2.21. The molecule has 0 aliphatic heterocycles. The number of carbonyl (C=O) groups excluding carboxylic acids is 1. The topological polar surface area (TPSA) is 88.1 Å². The maximum atomic E-state index is 12.4. The average Bonchev–Trinajstić information content (AvgIpc) is 2.70. The number of nitrogens with zero attached hydrogens (tertiary/aromatic N) is 2. The minimum atomic E-state index is -3.66. The zero-order chi connectivity index (χ0) is 23.2. The fourth-order valence-corrected chi connectivity index (χ4v) is 3.72. The summed E-state index contributed by atoms with van der Waals surface area (Å²) in [5.74, 6) is 0.0897. The van der Waals surface area contributed by atoms with Gasteiger partial charge in [0, 0.05) is 0 Å². The largest absolute Gasteiger partial charge is 0.494 e. The quantitative estimate of drug-likeness (QED) is 0.496. The highest BCUT2D eigenvalue weighted by molar-refractivity contribution is 7.92. The molecule has 1 N–H and O–H groups in total. The Kier molecular flexibility index (Phi) is 7.84. The van der Waals surface area contributed by atoms with Crippen molar-refractivity contribution in [2.75, 3.05) is 23.7 Å². The van der Waals surface area contributed by atoms with E-state index < -0.39 is 15.9 Å². The van der Waals surface area contributed by atoms with Gasteiger partial charge < -0.3 is 4.74 Å². The molecule has 1 amide bonds. The number of sulfonamides is 1. The maximum Gasteiger partial charge on any atom is 0.260 e. The van der Waals surface area contributed by atoms with Crippen molar-refractivity contribution in [1.82, 2.24) is 5.43 Å². The Morgan fingerprint density at radius 1 is 1.06 bits per heavy atom.